The van der Waals surface area contributed by atoms with Crippen molar-refractivity contribution in [2.24, 2.45) is 0 Å². The molecule has 1 aliphatic heterocycles. The quantitative estimate of drug-likeness (QED) is 0.493. The molecule has 0 unspecified atom stereocenters. The summed E-state index contributed by atoms with van der Waals surface area (Å²) in [4.78, 5) is 0. The van der Waals surface area contributed by atoms with Gasteiger partial charge in [-0.25, -0.2) is 0 Å². The van der Waals surface area contributed by atoms with Crippen molar-refractivity contribution in [2.45, 2.75) is 38.9 Å². The Bertz CT molecular complexity index is 882. The van der Waals surface area contributed by atoms with Crippen molar-refractivity contribution in [1.82, 2.24) is 0 Å². The zero-order valence-electron chi connectivity index (χ0n) is 14.1. The third kappa shape index (κ3) is 2.27. The number of rotatable bonds is 1. The van der Waals surface area contributed by atoms with Crippen LogP contribution in [0.15, 0.2) is 54.6 Å². The summed E-state index contributed by atoms with van der Waals surface area (Å²) < 4.78 is 12.4. The largest absolute Gasteiger partial charge is 0.494 e. The second-order valence-corrected chi connectivity index (χ2v) is 7.36. The monoisotopic (exact) mass is 304 g/mol. The average molecular weight is 304 g/mol. The van der Waals surface area contributed by atoms with Crippen LogP contribution < -0.4 is 5.46 Å². The Labute approximate surface area is 137 Å². The minimum Gasteiger partial charge on any atom is -0.399 e. The van der Waals surface area contributed by atoms with Crippen molar-refractivity contribution in [1.29, 1.82) is 0 Å². The first-order valence-corrected chi connectivity index (χ1v) is 8.14. The highest BCUT2D eigenvalue weighted by Gasteiger charge is 2.51. The van der Waals surface area contributed by atoms with Crippen LogP contribution in [0.25, 0.3) is 21.5 Å². The molecule has 2 nitrogen and oxygen atoms in total. The van der Waals surface area contributed by atoms with Gasteiger partial charge in [-0.1, -0.05) is 54.6 Å². The molecule has 4 rings (SSSR count). The van der Waals surface area contributed by atoms with Crippen LogP contribution in [0.5, 0.6) is 0 Å². The molecule has 0 saturated carbocycles. The molecule has 3 aromatic rings. The summed E-state index contributed by atoms with van der Waals surface area (Å²) in [6, 6.07) is 19.3. The standard InChI is InChI=1S/C20H21BO2/c1-19(2)20(3,4)23-21(22-19)16-12-11-15-10-9-14-7-5-6-8-17(14)18(15)13-16/h5-13H,1-4H3. The molecule has 1 heterocycles. The SMILES string of the molecule is CC1(C)OB(c2ccc3ccc4ccccc4c3c2)OC1(C)C. The van der Waals surface area contributed by atoms with E-state index in [-0.39, 0.29) is 18.3 Å². The topological polar surface area (TPSA) is 18.5 Å². The van der Waals surface area contributed by atoms with E-state index in [0.29, 0.717) is 0 Å². The van der Waals surface area contributed by atoms with Gasteiger partial charge in [-0.3, -0.25) is 0 Å². The summed E-state index contributed by atoms with van der Waals surface area (Å²) in [5.41, 5.74) is 0.448. The molecule has 0 N–H and O–H groups in total. The highest BCUT2D eigenvalue weighted by molar-refractivity contribution is 6.62. The maximum Gasteiger partial charge on any atom is 0.494 e. The predicted octanol–water partition coefficient (Wildman–Crippen LogP) is 4.29. The lowest BCUT2D eigenvalue weighted by atomic mass is 9.78. The van der Waals surface area contributed by atoms with Crippen LogP contribution in [0.4, 0.5) is 0 Å². The molecule has 0 spiro atoms. The van der Waals surface area contributed by atoms with E-state index in [1.54, 1.807) is 0 Å². The van der Waals surface area contributed by atoms with Gasteiger partial charge in [0.05, 0.1) is 11.2 Å². The minimum absolute atomic E-state index is 0.314. The maximum absolute atomic E-state index is 6.19. The third-order valence-corrected chi connectivity index (χ3v) is 5.30. The van der Waals surface area contributed by atoms with E-state index >= 15 is 0 Å². The predicted molar refractivity (Wildman–Crippen MR) is 97.2 cm³/mol. The Morgan fingerprint density at radius 2 is 1.26 bits per heavy atom. The lowest BCUT2D eigenvalue weighted by molar-refractivity contribution is 0.00578. The molecule has 0 aliphatic carbocycles. The maximum atomic E-state index is 6.19. The van der Waals surface area contributed by atoms with Gasteiger partial charge in [0.15, 0.2) is 0 Å². The zero-order valence-corrected chi connectivity index (χ0v) is 14.1. The lowest BCUT2D eigenvalue weighted by Crippen LogP contribution is -2.41. The second-order valence-electron chi connectivity index (χ2n) is 7.36. The van der Waals surface area contributed by atoms with Gasteiger partial charge in [0.25, 0.3) is 0 Å². The van der Waals surface area contributed by atoms with Crippen LogP contribution in [-0.4, -0.2) is 18.3 Å². The summed E-state index contributed by atoms with van der Waals surface area (Å²) in [5.74, 6) is 0. The zero-order chi connectivity index (χ0) is 16.2. The van der Waals surface area contributed by atoms with Gasteiger partial charge in [-0.2, -0.15) is 0 Å². The fraction of sp³-hybridized carbons (Fsp3) is 0.300. The first kappa shape index (κ1) is 14.7. The van der Waals surface area contributed by atoms with Crippen LogP contribution in [0, 0.1) is 0 Å². The number of fused-ring (bicyclic) bond motifs is 3. The van der Waals surface area contributed by atoms with Crippen molar-refractivity contribution in [2.75, 3.05) is 0 Å². The molecule has 0 atom stereocenters. The number of hydrogen-bond donors (Lipinski definition) is 0. The second kappa shape index (κ2) is 4.83. The molecular weight excluding hydrogens is 283 g/mol. The Hall–Kier alpha value is -1.84. The summed E-state index contributed by atoms with van der Waals surface area (Å²) in [7, 11) is -0.316. The molecule has 3 heteroatoms. The van der Waals surface area contributed by atoms with Gasteiger partial charge in [0.1, 0.15) is 0 Å². The van der Waals surface area contributed by atoms with E-state index in [9.17, 15) is 0 Å². The molecule has 1 fully saturated rings. The Kier molecular flexibility index (Phi) is 3.09. The molecule has 116 valence electrons. The summed E-state index contributed by atoms with van der Waals surface area (Å²) in [5, 5.41) is 5.01. The smallest absolute Gasteiger partial charge is 0.399 e. The first-order chi connectivity index (χ1) is 10.9. The Balaban J connectivity index is 1.85. The molecule has 1 saturated heterocycles. The van der Waals surface area contributed by atoms with Gasteiger partial charge < -0.3 is 9.31 Å². The lowest BCUT2D eigenvalue weighted by Gasteiger charge is -2.32. The van der Waals surface area contributed by atoms with Crippen molar-refractivity contribution < 1.29 is 9.31 Å². The van der Waals surface area contributed by atoms with Gasteiger partial charge in [0, 0.05) is 0 Å². The third-order valence-electron chi connectivity index (χ3n) is 5.30. The molecule has 0 amide bonds. The number of benzene rings is 3. The fourth-order valence-electron chi connectivity index (χ4n) is 3.15. The van der Waals surface area contributed by atoms with Crippen LogP contribution in [0.2, 0.25) is 0 Å². The molecule has 0 aromatic heterocycles. The van der Waals surface area contributed by atoms with Gasteiger partial charge in [0.2, 0.25) is 0 Å². The van der Waals surface area contributed by atoms with E-state index in [0.717, 1.165) is 5.46 Å². The van der Waals surface area contributed by atoms with Crippen LogP contribution in [0.1, 0.15) is 27.7 Å². The van der Waals surface area contributed by atoms with E-state index in [4.69, 9.17) is 9.31 Å². The van der Waals surface area contributed by atoms with E-state index in [1.165, 1.54) is 21.5 Å². The van der Waals surface area contributed by atoms with Crippen LogP contribution >= 0.6 is 0 Å². The molecule has 0 bridgehead atoms. The summed E-state index contributed by atoms with van der Waals surface area (Å²) in [6.45, 7) is 8.35. The van der Waals surface area contributed by atoms with Gasteiger partial charge in [-0.05, 0) is 54.7 Å². The van der Waals surface area contributed by atoms with Crippen LogP contribution in [0.3, 0.4) is 0 Å². The summed E-state index contributed by atoms with van der Waals surface area (Å²) >= 11 is 0. The van der Waals surface area contributed by atoms with E-state index in [2.05, 4.69) is 82.3 Å². The van der Waals surface area contributed by atoms with Crippen LogP contribution in [-0.2, 0) is 9.31 Å². The molecule has 0 radical (unpaired) electrons. The van der Waals surface area contributed by atoms with E-state index < -0.39 is 0 Å². The van der Waals surface area contributed by atoms with E-state index in [1.807, 2.05) is 0 Å². The van der Waals surface area contributed by atoms with Crippen molar-refractivity contribution >= 4 is 34.1 Å². The highest BCUT2D eigenvalue weighted by atomic mass is 16.7. The molecule has 3 aromatic carbocycles. The average Bonchev–Trinajstić information content (AvgIpc) is 2.75. The first-order valence-electron chi connectivity index (χ1n) is 8.14. The molecule has 23 heavy (non-hydrogen) atoms. The molecular formula is C20H21BO2. The normalized spacial score (nSPS) is 19.6. The highest BCUT2D eigenvalue weighted by Crippen LogP contribution is 2.36. The Morgan fingerprint density at radius 3 is 1.96 bits per heavy atom. The van der Waals surface area contributed by atoms with Crippen molar-refractivity contribution in [3.63, 3.8) is 0 Å². The van der Waals surface area contributed by atoms with Crippen molar-refractivity contribution in [3.05, 3.63) is 54.6 Å². The van der Waals surface area contributed by atoms with Gasteiger partial charge in [-0.15, -0.1) is 0 Å². The fourth-order valence-corrected chi connectivity index (χ4v) is 3.15. The Morgan fingerprint density at radius 1 is 0.696 bits per heavy atom. The number of hydrogen-bond acceptors (Lipinski definition) is 2. The minimum atomic E-state index is -0.316. The van der Waals surface area contributed by atoms with Crippen molar-refractivity contribution in [3.8, 4) is 0 Å². The summed E-state index contributed by atoms with van der Waals surface area (Å²) in [6.07, 6.45) is 0. The van der Waals surface area contributed by atoms with Gasteiger partial charge >= 0.3 is 7.12 Å². The molecule has 1 aliphatic rings.